The van der Waals surface area contributed by atoms with Crippen LogP contribution in [0.15, 0.2) is 142 Å². The van der Waals surface area contributed by atoms with Crippen molar-refractivity contribution in [3.05, 3.63) is 133 Å². The second-order valence-electron chi connectivity index (χ2n) is 10.1. The average Bonchev–Trinajstić information content (AvgIpc) is 3.17. The van der Waals surface area contributed by atoms with Crippen LogP contribution in [0.5, 0.6) is 0 Å². The van der Waals surface area contributed by atoms with Gasteiger partial charge in [-0.1, -0.05) is 121 Å². The number of hydrogen-bond donors (Lipinski definition) is 0. The first kappa shape index (κ1) is 25.1. The monoisotopic (exact) mass is 557 g/mol. The van der Waals surface area contributed by atoms with E-state index in [0.717, 1.165) is 21.9 Å². The summed E-state index contributed by atoms with van der Waals surface area (Å²) in [6.07, 6.45) is 0. The second-order valence-corrected chi connectivity index (χ2v) is 13.8. The maximum absolute atomic E-state index is 7.03. The van der Waals surface area contributed by atoms with E-state index in [1.54, 1.807) is 0 Å². The normalized spacial score (nSPS) is 11.9. The summed E-state index contributed by atoms with van der Waals surface area (Å²) in [6, 6.07) is 47.4. The molecule has 0 saturated heterocycles. The van der Waals surface area contributed by atoms with Gasteiger partial charge in [0.1, 0.15) is 11.2 Å². The zero-order valence-electron chi connectivity index (χ0n) is 22.4. The molecule has 0 aliphatic carbocycles. The van der Waals surface area contributed by atoms with E-state index >= 15 is 0 Å². The lowest BCUT2D eigenvalue weighted by molar-refractivity contribution is 0.629. The minimum absolute atomic E-state index is 0.170. The summed E-state index contributed by atoms with van der Waals surface area (Å²) in [5, 5.41) is 9.45. The van der Waals surface area contributed by atoms with Crippen LogP contribution in [0.2, 0.25) is 0 Å². The second kappa shape index (κ2) is 10.6. The summed E-state index contributed by atoms with van der Waals surface area (Å²) in [4.78, 5) is 0. The van der Waals surface area contributed by atoms with E-state index in [9.17, 15) is 0 Å². The third kappa shape index (κ3) is 4.41. The van der Waals surface area contributed by atoms with Crippen LogP contribution < -0.4 is 15.1 Å². The maximum Gasteiger partial charge on any atom is 0.314 e. The van der Waals surface area contributed by atoms with E-state index < -0.39 is 16.2 Å². The zero-order chi connectivity index (χ0) is 27.1. The Morgan fingerprint density at radius 2 is 0.950 bits per heavy atom. The van der Waals surface area contributed by atoms with Crippen molar-refractivity contribution in [3.8, 4) is 0 Å². The summed E-state index contributed by atoms with van der Waals surface area (Å²) in [7, 11) is -2.43. The molecule has 7 aromatic rings. The van der Waals surface area contributed by atoms with Gasteiger partial charge in [-0.25, -0.2) is 0 Å². The van der Waals surface area contributed by atoms with Crippen molar-refractivity contribution in [1.29, 1.82) is 0 Å². The number of fused-ring (bicyclic) bond motifs is 7. The topological polar surface area (TPSA) is 29.5 Å². The molecule has 0 unspecified atom stereocenters. The lowest BCUT2D eigenvalue weighted by Gasteiger charge is -2.32. The van der Waals surface area contributed by atoms with Crippen molar-refractivity contribution < 1.29 is 8.39 Å². The molecule has 0 spiro atoms. The first-order chi connectivity index (χ1) is 19.7. The van der Waals surface area contributed by atoms with Crippen molar-refractivity contribution in [2.75, 3.05) is 4.44 Å². The van der Waals surface area contributed by atoms with Gasteiger partial charge in [0.25, 0.3) is 0 Å². The first-order valence-electron chi connectivity index (χ1n) is 13.6. The van der Waals surface area contributed by atoms with Gasteiger partial charge in [0.2, 0.25) is 0 Å². The molecule has 196 valence electrons. The van der Waals surface area contributed by atoms with Gasteiger partial charge in [-0.15, -0.1) is 0 Å². The Kier molecular flexibility index (Phi) is 6.66. The molecule has 7 rings (SSSR count). The Hall–Kier alpha value is -3.87. The van der Waals surface area contributed by atoms with Crippen LogP contribution in [0, 0.1) is 0 Å². The number of rotatable bonds is 5. The lowest BCUT2D eigenvalue weighted by atomic mass is 9.99. The molecule has 0 bridgehead atoms. The molecule has 1 heterocycles. The third-order valence-electron chi connectivity index (χ3n) is 7.22. The summed E-state index contributed by atoms with van der Waals surface area (Å²) >= 11 is 0. The van der Waals surface area contributed by atoms with Crippen molar-refractivity contribution in [3.63, 3.8) is 0 Å². The van der Waals surface area contributed by atoms with E-state index in [1.807, 2.05) is 0 Å². The molecular weight excluding hydrogens is 528 g/mol. The van der Waals surface area contributed by atoms with Gasteiger partial charge in [-0.3, -0.25) is 0 Å². The minimum atomic E-state index is -1.51. The summed E-state index contributed by atoms with van der Waals surface area (Å²) in [5.41, 5.74) is 1.73. The molecular formula is C35H29NO2P2. The highest BCUT2D eigenvalue weighted by atomic mass is 31.2. The van der Waals surface area contributed by atoms with Gasteiger partial charge >= 0.3 is 8.16 Å². The van der Waals surface area contributed by atoms with Crippen LogP contribution in [0.4, 0.5) is 0 Å². The molecule has 0 radical (unpaired) electrons. The number of hydrogen-bond acceptors (Lipinski definition) is 3. The molecule has 0 fully saturated rings. The lowest BCUT2D eigenvalue weighted by Crippen LogP contribution is -2.31. The van der Waals surface area contributed by atoms with E-state index in [1.165, 1.54) is 32.2 Å². The highest BCUT2D eigenvalue weighted by molar-refractivity contribution is 7.81. The number of benzene rings is 6. The maximum atomic E-state index is 7.03. The summed E-state index contributed by atoms with van der Waals surface area (Å²) in [5.74, 6) is 0. The molecule has 0 aliphatic rings. The predicted molar refractivity (Wildman–Crippen MR) is 174 cm³/mol. The highest BCUT2D eigenvalue weighted by Crippen LogP contribution is 2.52. The smallest absolute Gasteiger partial charge is 0.314 e. The van der Waals surface area contributed by atoms with Crippen LogP contribution in [-0.4, -0.2) is 6.04 Å². The minimum Gasteiger partial charge on any atom is -0.408 e. The van der Waals surface area contributed by atoms with Gasteiger partial charge < -0.3 is 8.39 Å². The molecule has 5 heteroatoms. The van der Waals surface area contributed by atoms with Gasteiger partial charge in [0, 0.05) is 24.9 Å². The Morgan fingerprint density at radius 3 is 1.40 bits per heavy atom. The molecule has 0 amide bonds. The first-order valence-corrected chi connectivity index (χ1v) is 16.0. The van der Waals surface area contributed by atoms with Crippen LogP contribution in [0.25, 0.3) is 43.5 Å². The SMILES string of the molecule is CC(C)N(P(c1ccccc1)c1ccccc1)p1oc2ccc3ccccc3c2c2c(ccc3ccccc32)o1. The fourth-order valence-electron chi connectivity index (χ4n) is 5.46. The fourth-order valence-corrected chi connectivity index (χ4v) is 10.2. The van der Waals surface area contributed by atoms with Crippen LogP contribution in [0.1, 0.15) is 13.8 Å². The van der Waals surface area contributed by atoms with E-state index in [-0.39, 0.29) is 6.04 Å². The summed E-state index contributed by atoms with van der Waals surface area (Å²) < 4.78 is 16.5. The highest BCUT2D eigenvalue weighted by Gasteiger charge is 2.30. The molecule has 0 atom stereocenters. The van der Waals surface area contributed by atoms with Gasteiger partial charge in [0.05, 0.1) is 0 Å². The predicted octanol–water partition coefficient (Wildman–Crippen LogP) is 9.99. The summed E-state index contributed by atoms with van der Waals surface area (Å²) in [6.45, 7) is 4.48. The molecule has 1 aromatic heterocycles. The molecule has 0 N–H and O–H groups in total. The van der Waals surface area contributed by atoms with E-state index in [4.69, 9.17) is 8.39 Å². The van der Waals surface area contributed by atoms with Crippen molar-refractivity contribution in [2.24, 2.45) is 0 Å². The molecule has 0 saturated carbocycles. The van der Waals surface area contributed by atoms with Gasteiger partial charge in [0.15, 0.2) is 0 Å². The molecule has 40 heavy (non-hydrogen) atoms. The van der Waals surface area contributed by atoms with E-state index in [0.29, 0.717) is 0 Å². The van der Waals surface area contributed by atoms with Gasteiger partial charge in [-0.05, 0) is 58.1 Å². The van der Waals surface area contributed by atoms with Crippen molar-refractivity contribution >= 4 is 70.3 Å². The standard InChI is InChI=1S/C35H29NO2P2/c1-25(2)36(39(28-15-5-3-6-16-28)29-17-7-4-8-18-29)40-37-32-23-21-26-13-9-11-19-30(26)34(32)35-31-20-12-10-14-27(31)22-24-33(35)38-40/h3-25H,1-2H3. The van der Waals surface area contributed by atoms with Crippen molar-refractivity contribution in [2.45, 2.75) is 19.9 Å². The van der Waals surface area contributed by atoms with Crippen molar-refractivity contribution in [1.82, 2.24) is 0 Å². The number of nitrogens with zero attached hydrogens (tertiary/aromatic N) is 1. The largest absolute Gasteiger partial charge is 0.408 e. The third-order valence-corrected chi connectivity index (χ3v) is 12.1. The average molecular weight is 558 g/mol. The van der Waals surface area contributed by atoms with Crippen LogP contribution >= 0.6 is 16.2 Å². The quantitative estimate of drug-likeness (QED) is 0.197. The molecule has 3 nitrogen and oxygen atoms in total. The van der Waals surface area contributed by atoms with E-state index in [2.05, 4.69) is 152 Å². The van der Waals surface area contributed by atoms with Gasteiger partial charge in [-0.2, -0.15) is 4.44 Å². The van der Waals surface area contributed by atoms with Crippen LogP contribution in [0.3, 0.4) is 0 Å². The fraction of sp³-hybridized carbons (Fsp3) is 0.0857. The van der Waals surface area contributed by atoms with Crippen LogP contribution in [-0.2, 0) is 0 Å². The molecule has 0 aliphatic heterocycles. The Balaban J connectivity index is 1.61. The zero-order valence-corrected chi connectivity index (χ0v) is 24.2. The Labute approximate surface area is 236 Å². The molecule has 6 aromatic carbocycles. The Bertz CT molecular complexity index is 1870. The Morgan fingerprint density at radius 1 is 0.525 bits per heavy atom.